The van der Waals surface area contributed by atoms with Gasteiger partial charge in [-0.25, -0.2) is 0 Å². The van der Waals surface area contributed by atoms with Crippen molar-refractivity contribution >= 4 is 5.91 Å². The number of carbonyl (C=O) groups is 1. The maximum absolute atomic E-state index is 11.7. The van der Waals surface area contributed by atoms with Gasteiger partial charge in [0.2, 0.25) is 5.91 Å². The molecule has 0 aromatic heterocycles. The number of methoxy groups -OCH3 is 1. The number of hydrogen-bond acceptors (Lipinski definition) is 4. The van der Waals surface area contributed by atoms with Gasteiger partial charge in [0.25, 0.3) is 0 Å². The van der Waals surface area contributed by atoms with Crippen LogP contribution in [0.15, 0.2) is 54.6 Å². The maximum atomic E-state index is 11.7. The molecule has 24 heavy (non-hydrogen) atoms. The summed E-state index contributed by atoms with van der Waals surface area (Å²) in [5.41, 5.74) is 2.17. The largest absolute Gasteiger partial charge is 0.489 e. The SMILES string of the molecule is COCCNCC(=O)NCc1ccc(OCc2ccccc2)cc1. The fourth-order valence-corrected chi connectivity index (χ4v) is 2.08. The minimum Gasteiger partial charge on any atom is -0.489 e. The molecule has 0 aliphatic heterocycles. The quantitative estimate of drug-likeness (QED) is 0.656. The first kappa shape index (κ1) is 18.0. The zero-order valence-corrected chi connectivity index (χ0v) is 14.0. The first-order chi connectivity index (χ1) is 11.8. The Kier molecular flexibility index (Phi) is 7.80. The Balaban J connectivity index is 1.69. The van der Waals surface area contributed by atoms with Gasteiger partial charge >= 0.3 is 0 Å². The average Bonchev–Trinajstić information content (AvgIpc) is 2.63. The van der Waals surface area contributed by atoms with Crippen LogP contribution >= 0.6 is 0 Å². The van der Waals surface area contributed by atoms with Crippen molar-refractivity contribution in [1.82, 2.24) is 10.6 Å². The van der Waals surface area contributed by atoms with Gasteiger partial charge in [-0.15, -0.1) is 0 Å². The topological polar surface area (TPSA) is 59.6 Å². The lowest BCUT2D eigenvalue weighted by atomic mass is 10.2. The number of nitrogens with one attached hydrogen (secondary N) is 2. The molecule has 2 rings (SSSR count). The zero-order valence-electron chi connectivity index (χ0n) is 14.0. The van der Waals surface area contributed by atoms with E-state index in [2.05, 4.69) is 10.6 Å². The van der Waals surface area contributed by atoms with Crippen molar-refractivity contribution in [2.75, 3.05) is 26.8 Å². The Morgan fingerprint density at radius 1 is 1.00 bits per heavy atom. The Morgan fingerprint density at radius 3 is 2.46 bits per heavy atom. The molecule has 5 heteroatoms. The second-order valence-corrected chi connectivity index (χ2v) is 5.36. The lowest BCUT2D eigenvalue weighted by molar-refractivity contribution is -0.120. The van der Waals surface area contributed by atoms with Crippen LogP contribution in [-0.2, 0) is 22.7 Å². The van der Waals surface area contributed by atoms with Crippen LogP contribution in [0.2, 0.25) is 0 Å². The molecule has 0 radical (unpaired) electrons. The van der Waals surface area contributed by atoms with E-state index in [0.29, 0.717) is 32.8 Å². The monoisotopic (exact) mass is 328 g/mol. The highest BCUT2D eigenvalue weighted by molar-refractivity contribution is 5.77. The van der Waals surface area contributed by atoms with E-state index in [4.69, 9.17) is 9.47 Å². The van der Waals surface area contributed by atoms with Crippen molar-refractivity contribution in [3.8, 4) is 5.75 Å². The molecule has 0 saturated carbocycles. The van der Waals surface area contributed by atoms with Crippen molar-refractivity contribution in [3.05, 3.63) is 65.7 Å². The van der Waals surface area contributed by atoms with Crippen LogP contribution in [0.3, 0.4) is 0 Å². The number of rotatable bonds is 10. The highest BCUT2D eigenvalue weighted by Crippen LogP contribution is 2.14. The van der Waals surface area contributed by atoms with Gasteiger partial charge in [-0.05, 0) is 23.3 Å². The Hall–Kier alpha value is -2.37. The predicted octanol–water partition coefficient (Wildman–Crippen LogP) is 2.12. The van der Waals surface area contributed by atoms with E-state index in [1.807, 2.05) is 54.6 Å². The molecule has 2 aromatic rings. The Bertz CT molecular complexity index is 600. The Morgan fingerprint density at radius 2 is 1.75 bits per heavy atom. The molecule has 0 saturated heterocycles. The molecule has 0 atom stereocenters. The second kappa shape index (κ2) is 10.4. The standard InChI is InChI=1S/C19H24N2O3/c1-23-12-11-20-14-19(22)21-13-16-7-9-18(10-8-16)24-15-17-5-3-2-4-6-17/h2-10,20H,11-15H2,1H3,(H,21,22). The van der Waals surface area contributed by atoms with Crippen LogP contribution < -0.4 is 15.4 Å². The molecule has 0 bridgehead atoms. The van der Waals surface area contributed by atoms with Gasteiger partial charge in [0.05, 0.1) is 13.2 Å². The molecule has 0 unspecified atom stereocenters. The van der Waals surface area contributed by atoms with Gasteiger partial charge in [0, 0.05) is 20.2 Å². The zero-order chi connectivity index (χ0) is 17.0. The van der Waals surface area contributed by atoms with Crippen LogP contribution in [0.25, 0.3) is 0 Å². The van der Waals surface area contributed by atoms with E-state index in [0.717, 1.165) is 16.9 Å². The lowest BCUT2D eigenvalue weighted by Crippen LogP contribution is -2.34. The van der Waals surface area contributed by atoms with Gasteiger partial charge in [0.15, 0.2) is 0 Å². The van der Waals surface area contributed by atoms with E-state index >= 15 is 0 Å². The van der Waals surface area contributed by atoms with Crippen molar-refractivity contribution < 1.29 is 14.3 Å². The molecule has 0 heterocycles. The summed E-state index contributed by atoms with van der Waals surface area (Å²) < 4.78 is 10.6. The van der Waals surface area contributed by atoms with Crippen LogP contribution in [0.5, 0.6) is 5.75 Å². The van der Waals surface area contributed by atoms with Gasteiger partial charge in [-0.3, -0.25) is 4.79 Å². The predicted molar refractivity (Wildman–Crippen MR) is 93.8 cm³/mol. The van der Waals surface area contributed by atoms with Crippen molar-refractivity contribution in [2.45, 2.75) is 13.2 Å². The molecule has 2 N–H and O–H groups in total. The summed E-state index contributed by atoms with van der Waals surface area (Å²) >= 11 is 0. The first-order valence-corrected chi connectivity index (χ1v) is 8.00. The van der Waals surface area contributed by atoms with Gasteiger partial charge in [0.1, 0.15) is 12.4 Å². The summed E-state index contributed by atoms with van der Waals surface area (Å²) in [7, 11) is 1.63. The summed E-state index contributed by atoms with van der Waals surface area (Å²) in [6, 6.07) is 17.8. The molecule has 2 aromatic carbocycles. The van der Waals surface area contributed by atoms with Crippen LogP contribution in [0, 0.1) is 0 Å². The molecule has 5 nitrogen and oxygen atoms in total. The van der Waals surface area contributed by atoms with E-state index in [-0.39, 0.29) is 5.91 Å². The maximum Gasteiger partial charge on any atom is 0.234 e. The highest BCUT2D eigenvalue weighted by Gasteiger charge is 2.01. The van der Waals surface area contributed by atoms with Crippen LogP contribution in [0.4, 0.5) is 0 Å². The first-order valence-electron chi connectivity index (χ1n) is 8.00. The molecule has 0 fully saturated rings. The van der Waals surface area contributed by atoms with E-state index in [1.165, 1.54) is 0 Å². The van der Waals surface area contributed by atoms with Gasteiger partial charge in [-0.2, -0.15) is 0 Å². The molecule has 0 aliphatic rings. The van der Waals surface area contributed by atoms with Crippen LogP contribution in [-0.4, -0.2) is 32.7 Å². The molecule has 128 valence electrons. The third-order valence-corrected chi connectivity index (χ3v) is 3.43. The summed E-state index contributed by atoms with van der Waals surface area (Å²) in [4.78, 5) is 11.7. The molecular weight excluding hydrogens is 304 g/mol. The smallest absolute Gasteiger partial charge is 0.234 e. The van der Waals surface area contributed by atoms with Crippen molar-refractivity contribution in [1.29, 1.82) is 0 Å². The average molecular weight is 328 g/mol. The molecule has 0 aliphatic carbocycles. The third kappa shape index (κ3) is 6.81. The molecule has 0 spiro atoms. The number of carbonyl (C=O) groups excluding carboxylic acids is 1. The second-order valence-electron chi connectivity index (χ2n) is 5.36. The van der Waals surface area contributed by atoms with Crippen molar-refractivity contribution in [2.24, 2.45) is 0 Å². The minimum absolute atomic E-state index is 0.0319. The van der Waals surface area contributed by atoms with Gasteiger partial charge < -0.3 is 20.1 Å². The number of ether oxygens (including phenoxy) is 2. The third-order valence-electron chi connectivity index (χ3n) is 3.43. The Labute approximate surface area is 143 Å². The summed E-state index contributed by atoms with van der Waals surface area (Å²) in [5, 5.41) is 5.88. The van der Waals surface area contributed by atoms with E-state index < -0.39 is 0 Å². The summed E-state index contributed by atoms with van der Waals surface area (Å²) in [5.74, 6) is 0.783. The minimum atomic E-state index is -0.0319. The highest BCUT2D eigenvalue weighted by atomic mass is 16.5. The normalized spacial score (nSPS) is 10.4. The fraction of sp³-hybridized carbons (Fsp3) is 0.316. The summed E-state index contributed by atoms with van der Waals surface area (Å²) in [6.45, 7) is 2.60. The van der Waals surface area contributed by atoms with E-state index in [1.54, 1.807) is 7.11 Å². The van der Waals surface area contributed by atoms with Crippen LogP contribution in [0.1, 0.15) is 11.1 Å². The molecular formula is C19H24N2O3. The lowest BCUT2D eigenvalue weighted by Gasteiger charge is -2.09. The van der Waals surface area contributed by atoms with Gasteiger partial charge in [-0.1, -0.05) is 42.5 Å². The van der Waals surface area contributed by atoms with Crippen molar-refractivity contribution in [3.63, 3.8) is 0 Å². The number of benzene rings is 2. The summed E-state index contributed by atoms with van der Waals surface area (Å²) in [6.07, 6.45) is 0. The van der Waals surface area contributed by atoms with E-state index in [9.17, 15) is 4.79 Å². The molecule has 1 amide bonds. The number of amides is 1. The fourth-order valence-electron chi connectivity index (χ4n) is 2.08. The number of hydrogen-bond donors (Lipinski definition) is 2.